The Morgan fingerprint density at radius 3 is 2.55 bits per heavy atom. The number of hydrogen-bond acceptors (Lipinski definition) is 2. The van der Waals surface area contributed by atoms with Crippen LogP contribution in [0.25, 0.3) is 0 Å². The number of carbonyl (C=O) groups is 1. The summed E-state index contributed by atoms with van der Waals surface area (Å²) in [7, 11) is 0. The molecule has 0 spiro atoms. The number of hydrogen-bond donors (Lipinski definition) is 0. The fourth-order valence-electron chi connectivity index (χ4n) is 2.64. The molecular formula is C15H17BrCl3NO2. The SMILES string of the molecule is C[C@@]1(CC(Cl)(Cl)Cl)C(=O)N(OCc2ccccc2)CC1CBr. The summed E-state index contributed by atoms with van der Waals surface area (Å²) in [5.74, 6) is -0.120. The zero-order valence-electron chi connectivity index (χ0n) is 12.1. The predicted octanol–water partition coefficient (Wildman–Crippen LogP) is 4.74. The highest BCUT2D eigenvalue weighted by Gasteiger charge is 2.53. The summed E-state index contributed by atoms with van der Waals surface area (Å²) in [4.78, 5) is 18.4. The predicted molar refractivity (Wildman–Crippen MR) is 93.2 cm³/mol. The maximum absolute atomic E-state index is 12.7. The second-order valence-corrected chi connectivity index (χ2v) is 8.85. The first-order chi connectivity index (χ1) is 10.3. The van der Waals surface area contributed by atoms with E-state index in [1.54, 1.807) is 0 Å². The van der Waals surface area contributed by atoms with Crippen LogP contribution in [0.5, 0.6) is 0 Å². The van der Waals surface area contributed by atoms with Crippen LogP contribution >= 0.6 is 50.7 Å². The second kappa shape index (κ2) is 7.27. The van der Waals surface area contributed by atoms with Gasteiger partial charge in [0.15, 0.2) is 3.79 Å². The molecule has 1 aromatic rings. The minimum absolute atomic E-state index is 0.0198. The third-order valence-corrected chi connectivity index (χ3v) is 5.17. The van der Waals surface area contributed by atoms with Crippen LogP contribution in [0.15, 0.2) is 30.3 Å². The van der Waals surface area contributed by atoms with Crippen molar-refractivity contribution in [3.05, 3.63) is 35.9 Å². The number of hydroxylamine groups is 2. The molecule has 2 atom stereocenters. The van der Waals surface area contributed by atoms with E-state index in [0.717, 1.165) is 5.56 Å². The van der Waals surface area contributed by atoms with Crippen LogP contribution in [0.2, 0.25) is 0 Å². The minimum Gasteiger partial charge on any atom is -0.272 e. The van der Waals surface area contributed by atoms with Crippen molar-refractivity contribution in [2.24, 2.45) is 11.3 Å². The van der Waals surface area contributed by atoms with E-state index >= 15 is 0 Å². The molecule has 0 N–H and O–H groups in total. The van der Waals surface area contributed by atoms with Gasteiger partial charge in [-0.2, -0.15) is 0 Å². The highest BCUT2D eigenvalue weighted by Crippen LogP contribution is 2.48. The lowest BCUT2D eigenvalue weighted by atomic mass is 9.78. The lowest BCUT2D eigenvalue weighted by molar-refractivity contribution is -0.187. The molecule has 0 radical (unpaired) electrons. The molecule has 1 aliphatic rings. The first kappa shape index (κ1) is 18.3. The molecule has 1 aromatic carbocycles. The average Bonchev–Trinajstić information content (AvgIpc) is 2.68. The molecule has 1 heterocycles. The number of alkyl halides is 4. The Hall–Kier alpha value is -0.000000000000000222. The standard InChI is InChI=1S/C15H17BrCl3NO2/c1-14(10-15(17,18)19)12(7-16)8-20(13(14)21)22-9-11-5-3-2-4-6-11/h2-6,12H,7-10H2,1H3/t12?,14-/m0/s1. The number of nitrogens with zero attached hydrogens (tertiary/aromatic N) is 1. The Labute approximate surface area is 153 Å². The van der Waals surface area contributed by atoms with Gasteiger partial charge in [0, 0.05) is 17.7 Å². The second-order valence-electron chi connectivity index (χ2n) is 5.69. The van der Waals surface area contributed by atoms with Gasteiger partial charge in [0.05, 0.1) is 12.0 Å². The Morgan fingerprint density at radius 1 is 1.36 bits per heavy atom. The third kappa shape index (κ3) is 4.30. The van der Waals surface area contributed by atoms with Crippen molar-refractivity contribution in [1.82, 2.24) is 5.06 Å². The van der Waals surface area contributed by atoms with Gasteiger partial charge < -0.3 is 0 Å². The zero-order valence-corrected chi connectivity index (χ0v) is 15.9. The minimum atomic E-state index is -1.47. The summed E-state index contributed by atoms with van der Waals surface area (Å²) in [5, 5.41) is 2.04. The summed E-state index contributed by atoms with van der Waals surface area (Å²) in [5.41, 5.74) is 0.242. The Bertz CT molecular complexity index is 523. The van der Waals surface area contributed by atoms with Gasteiger partial charge in [-0.3, -0.25) is 9.63 Å². The topological polar surface area (TPSA) is 29.5 Å². The van der Waals surface area contributed by atoms with Gasteiger partial charge in [-0.15, -0.1) is 0 Å². The van der Waals surface area contributed by atoms with Crippen molar-refractivity contribution in [1.29, 1.82) is 0 Å². The van der Waals surface area contributed by atoms with E-state index in [2.05, 4.69) is 15.9 Å². The molecule has 1 aliphatic heterocycles. The summed E-state index contributed by atoms with van der Waals surface area (Å²) in [6, 6.07) is 9.69. The molecule has 3 nitrogen and oxygen atoms in total. The van der Waals surface area contributed by atoms with Crippen molar-refractivity contribution in [3.63, 3.8) is 0 Å². The molecule has 1 saturated heterocycles. The van der Waals surface area contributed by atoms with E-state index in [0.29, 0.717) is 18.5 Å². The van der Waals surface area contributed by atoms with Crippen LogP contribution in [0.1, 0.15) is 18.9 Å². The molecule has 1 unspecified atom stereocenters. The van der Waals surface area contributed by atoms with Crippen molar-refractivity contribution in [2.45, 2.75) is 23.7 Å². The number of carbonyl (C=O) groups excluding carboxylic acids is 1. The van der Waals surface area contributed by atoms with Crippen LogP contribution in [0.3, 0.4) is 0 Å². The first-order valence-electron chi connectivity index (χ1n) is 6.88. The molecule has 1 amide bonds. The van der Waals surface area contributed by atoms with Gasteiger partial charge in [0.2, 0.25) is 0 Å². The van der Waals surface area contributed by atoms with Gasteiger partial charge in [-0.05, 0) is 5.56 Å². The molecule has 122 valence electrons. The van der Waals surface area contributed by atoms with Crippen LogP contribution in [-0.4, -0.2) is 26.6 Å². The molecule has 0 bridgehead atoms. The number of rotatable bonds is 5. The van der Waals surface area contributed by atoms with Crippen molar-refractivity contribution >= 4 is 56.6 Å². The summed E-state index contributed by atoms with van der Waals surface area (Å²) in [6.45, 7) is 2.65. The molecule has 0 aliphatic carbocycles. The highest BCUT2D eigenvalue weighted by molar-refractivity contribution is 9.09. The third-order valence-electron chi connectivity index (χ3n) is 3.99. The fourth-order valence-corrected chi connectivity index (χ4v) is 4.39. The average molecular weight is 430 g/mol. The zero-order chi connectivity index (χ0) is 16.4. The highest BCUT2D eigenvalue weighted by atomic mass is 79.9. The summed E-state index contributed by atoms with van der Waals surface area (Å²) in [6.07, 6.45) is 0.158. The van der Waals surface area contributed by atoms with Gasteiger partial charge >= 0.3 is 0 Å². The van der Waals surface area contributed by atoms with Gasteiger partial charge in [0.25, 0.3) is 5.91 Å². The van der Waals surface area contributed by atoms with Crippen LogP contribution in [-0.2, 0) is 16.2 Å². The van der Waals surface area contributed by atoms with Crippen LogP contribution < -0.4 is 0 Å². The van der Waals surface area contributed by atoms with Crippen molar-refractivity contribution < 1.29 is 9.63 Å². The number of amides is 1. The normalized spacial score (nSPS) is 25.8. The quantitative estimate of drug-likeness (QED) is 0.633. The van der Waals surface area contributed by atoms with Crippen LogP contribution in [0.4, 0.5) is 0 Å². The fraction of sp³-hybridized carbons (Fsp3) is 0.533. The Balaban J connectivity index is 2.07. The van der Waals surface area contributed by atoms with Gasteiger partial charge in [0.1, 0.15) is 6.61 Å². The molecule has 22 heavy (non-hydrogen) atoms. The summed E-state index contributed by atoms with van der Waals surface area (Å²) < 4.78 is -1.47. The van der Waals surface area contributed by atoms with Gasteiger partial charge in [-0.1, -0.05) is 88.0 Å². The van der Waals surface area contributed by atoms with E-state index < -0.39 is 9.21 Å². The first-order valence-corrected chi connectivity index (χ1v) is 9.13. The molecule has 1 fully saturated rings. The van der Waals surface area contributed by atoms with E-state index in [9.17, 15) is 4.79 Å². The maximum Gasteiger partial charge on any atom is 0.252 e. The van der Waals surface area contributed by atoms with Crippen LogP contribution in [0, 0.1) is 11.3 Å². The maximum atomic E-state index is 12.7. The van der Waals surface area contributed by atoms with E-state index in [1.165, 1.54) is 5.06 Å². The van der Waals surface area contributed by atoms with Crippen molar-refractivity contribution in [3.8, 4) is 0 Å². The van der Waals surface area contributed by atoms with Crippen molar-refractivity contribution in [2.75, 3.05) is 11.9 Å². The molecular weight excluding hydrogens is 412 g/mol. The van der Waals surface area contributed by atoms with E-state index in [-0.39, 0.29) is 18.2 Å². The van der Waals surface area contributed by atoms with E-state index in [1.807, 2.05) is 37.3 Å². The molecule has 7 heteroatoms. The number of benzene rings is 1. The molecule has 0 saturated carbocycles. The van der Waals surface area contributed by atoms with E-state index in [4.69, 9.17) is 39.6 Å². The lowest BCUT2D eigenvalue weighted by Crippen LogP contribution is -2.37. The summed E-state index contributed by atoms with van der Waals surface area (Å²) >= 11 is 21.2. The Kier molecular flexibility index (Phi) is 6.06. The smallest absolute Gasteiger partial charge is 0.252 e. The van der Waals surface area contributed by atoms with Gasteiger partial charge in [-0.25, -0.2) is 5.06 Å². The largest absolute Gasteiger partial charge is 0.272 e. The molecule has 2 rings (SSSR count). The lowest BCUT2D eigenvalue weighted by Gasteiger charge is -2.30. The monoisotopic (exact) mass is 427 g/mol. The Morgan fingerprint density at radius 2 is 2.00 bits per heavy atom. The number of halogens is 4. The molecule has 0 aromatic heterocycles.